The Morgan fingerprint density at radius 1 is 1.29 bits per heavy atom. The van der Waals surface area contributed by atoms with E-state index in [0.29, 0.717) is 11.8 Å². The number of thiophene rings is 1. The first-order valence-corrected chi connectivity index (χ1v) is 7.13. The van der Waals surface area contributed by atoms with Crippen LogP contribution in [0.4, 0.5) is 0 Å². The number of nitrogens with two attached hydrogens (primary N) is 1. The first-order valence-electron chi connectivity index (χ1n) is 5.37. The van der Waals surface area contributed by atoms with Crippen LogP contribution in [0.2, 0.25) is 0 Å². The number of ether oxygens (including phenoxy) is 1. The molecule has 0 radical (unpaired) electrons. The quantitative estimate of drug-likeness (QED) is 0.840. The average Bonchev–Trinajstić information content (AvgIpc) is 2.89. The molecule has 0 aliphatic heterocycles. The Morgan fingerprint density at radius 3 is 2.59 bits per heavy atom. The van der Waals surface area contributed by atoms with Crippen LogP contribution in [0.25, 0.3) is 0 Å². The molecule has 1 heterocycles. The SMILES string of the molecule is COc1ccc(C(CN)Sc2cccs2)cc1. The molecule has 0 fully saturated rings. The van der Waals surface area contributed by atoms with E-state index in [2.05, 4.69) is 29.6 Å². The summed E-state index contributed by atoms with van der Waals surface area (Å²) < 4.78 is 6.45. The fraction of sp³-hybridized carbons (Fsp3) is 0.231. The van der Waals surface area contributed by atoms with E-state index >= 15 is 0 Å². The third-order valence-corrected chi connectivity index (χ3v) is 4.81. The molecule has 90 valence electrons. The van der Waals surface area contributed by atoms with Gasteiger partial charge in [0, 0.05) is 11.8 Å². The summed E-state index contributed by atoms with van der Waals surface area (Å²) in [5.41, 5.74) is 7.09. The predicted molar refractivity (Wildman–Crippen MR) is 75.0 cm³/mol. The molecule has 0 saturated heterocycles. The van der Waals surface area contributed by atoms with Gasteiger partial charge in [0.15, 0.2) is 0 Å². The molecular weight excluding hydrogens is 250 g/mol. The molecular formula is C13H15NOS2. The number of hydrogen-bond donors (Lipinski definition) is 1. The molecule has 1 unspecified atom stereocenters. The van der Waals surface area contributed by atoms with Crippen molar-refractivity contribution >= 4 is 23.1 Å². The van der Waals surface area contributed by atoms with Crippen LogP contribution >= 0.6 is 23.1 Å². The first kappa shape index (κ1) is 12.5. The average molecular weight is 265 g/mol. The van der Waals surface area contributed by atoms with Gasteiger partial charge in [-0.25, -0.2) is 0 Å². The molecule has 0 amide bonds. The number of hydrogen-bond acceptors (Lipinski definition) is 4. The van der Waals surface area contributed by atoms with Gasteiger partial charge < -0.3 is 10.5 Å². The van der Waals surface area contributed by atoms with Crippen molar-refractivity contribution in [3.05, 3.63) is 47.3 Å². The molecule has 0 saturated carbocycles. The van der Waals surface area contributed by atoms with Gasteiger partial charge in [0.25, 0.3) is 0 Å². The summed E-state index contributed by atoms with van der Waals surface area (Å²) in [5.74, 6) is 0.880. The number of thioether (sulfide) groups is 1. The zero-order valence-corrected chi connectivity index (χ0v) is 11.3. The van der Waals surface area contributed by atoms with E-state index in [9.17, 15) is 0 Å². The van der Waals surface area contributed by atoms with Gasteiger partial charge in [-0.1, -0.05) is 18.2 Å². The Hall–Kier alpha value is -0.970. The van der Waals surface area contributed by atoms with Gasteiger partial charge in [0.05, 0.1) is 11.3 Å². The Kier molecular flexibility index (Phi) is 4.48. The van der Waals surface area contributed by atoms with Crippen LogP contribution in [0.3, 0.4) is 0 Å². The maximum absolute atomic E-state index is 5.84. The van der Waals surface area contributed by atoms with Crippen LogP contribution < -0.4 is 10.5 Å². The molecule has 1 atom stereocenters. The number of rotatable bonds is 5. The van der Waals surface area contributed by atoms with Crippen LogP contribution in [0.1, 0.15) is 10.8 Å². The minimum absolute atomic E-state index is 0.305. The molecule has 2 N–H and O–H groups in total. The summed E-state index contributed by atoms with van der Waals surface area (Å²) in [7, 11) is 1.68. The molecule has 2 rings (SSSR count). The number of methoxy groups -OCH3 is 1. The molecule has 0 aliphatic rings. The smallest absolute Gasteiger partial charge is 0.118 e. The first-order chi connectivity index (χ1) is 8.33. The van der Waals surface area contributed by atoms with Gasteiger partial charge >= 0.3 is 0 Å². The second-order valence-corrected chi connectivity index (χ2v) is 6.00. The standard InChI is InChI=1S/C13H15NOS2/c1-15-11-6-4-10(5-7-11)12(9-14)17-13-3-2-8-16-13/h2-8,12H,9,14H2,1H3. The molecule has 2 aromatic rings. The van der Waals surface area contributed by atoms with Crippen LogP contribution in [0.5, 0.6) is 5.75 Å². The van der Waals surface area contributed by atoms with Crippen LogP contribution in [0, 0.1) is 0 Å². The second-order valence-electron chi connectivity index (χ2n) is 3.55. The van der Waals surface area contributed by atoms with Gasteiger partial charge in [-0.15, -0.1) is 23.1 Å². The highest BCUT2D eigenvalue weighted by molar-refractivity contribution is 8.01. The maximum atomic E-state index is 5.84. The van der Waals surface area contributed by atoms with Gasteiger partial charge in [0.1, 0.15) is 5.75 Å². The monoisotopic (exact) mass is 265 g/mol. The summed E-state index contributed by atoms with van der Waals surface area (Å²) >= 11 is 3.57. The molecule has 2 nitrogen and oxygen atoms in total. The molecule has 17 heavy (non-hydrogen) atoms. The fourth-order valence-electron chi connectivity index (χ4n) is 1.54. The number of benzene rings is 1. The Labute approximate surface area is 110 Å². The van der Waals surface area contributed by atoms with Gasteiger partial charge in [0.2, 0.25) is 0 Å². The zero-order valence-electron chi connectivity index (χ0n) is 9.63. The van der Waals surface area contributed by atoms with Crippen molar-refractivity contribution in [3.63, 3.8) is 0 Å². The third-order valence-electron chi connectivity index (χ3n) is 2.46. The molecule has 4 heteroatoms. The highest BCUT2D eigenvalue weighted by Gasteiger charge is 2.11. The summed E-state index contributed by atoms with van der Waals surface area (Å²) in [6.45, 7) is 0.634. The maximum Gasteiger partial charge on any atom is 0.118 e. The second kappa shape index (κ2) is 6.10. The van der Waals surface area contributed by atoms with E-state index < -0.39 is 0 Å². The van der Waals surface area contributed by atoms with Crippen molar-refractivity contribution in [2.45, 2.75) is 9.46 Å². The lowest BCUT2D eigenvalue weighted by Crippen LogP contribution is -2.08. The minimum Gasteiger partial charge on any atom is -0.497 e. The molecule has 1 aromatic carbocycles. The summed E-state index contributed by atoms with van der Waals surface area (Å²) in [5, 5.41) is 2.39. The summed E-state index contributed by atoms with van der Waals surface area (Å²) in [6.07, 6.45) is 0. The normalized spacial score (nSPS) is 12.4. The summed E-state index contributed by atoms with van der Waals surface area (Å²) in [4.78, 5) is 0. The predicted octanol–water partition coefficient (Wildman–Crippen LogP) is 3.55. The zero-order chi connectivity index (χ0) is 12.1. The Bertz CT molecular complexity index is 439. The Balaban J connectivity index is 2.11. The lowest BCUT2D eigenvalue weighted by atomic mass is 10.1. The lowest BCUT2D eigenvalue weighted by Gasteiger charge is -2.14. The van der Waals surface area contributed by atoms with E-state index in [-0.39, 0.29) is 0 Å². The van der Waals surface area contributed by atoms with Crippen molar-refractivity contribution < 1.29 is 4.74 Å². The van der Waals surface area contributed by atoms with Gasteiger partial charge in [-0.3, -0.25) is 0 Å². The van der Waals surface area contributed by atoms with E-state index in [1.54, 1.807) is 18.4 Å². The van der Waals surface area contributed by atoms with Gasteiger partial charge in [-0.2, -0.15) is 0 Å². The van der Waals surface area contributed by atoms with E-state index in [4.69, 9.17) is 10.5 Å². The van der Waals surface area contributed by atoms with Crippen LogP contribution in [-0.2, 0) is 0 Å². The third kappa shape index (κ3) is 3.25. The lowest BCUT2D eigenvalue weighted by molar-refractivity contribution is 0.414. The van der Waals surface area contributed by atoms with Crippen molar-refractivity contribution in [1.29, 1.82) is 0 Å². The van der Waals surface area contributed by atoms with Crippen molar-refractivity contribution in [3.8, 4) is 5.75 Å². The van der Waals surface area contributed by atoms with Crippen molar-refractivity contribution in [2.75, 3.05) is 13.7 Å². The van der Waals surface area contributed by atoms with E-state index in [1.807, 2.05) is 23.9 Å². The topological polar surface area (TPSA) is 35.2 Å². The largest absolute Gasteiger partial charge is 0.497 e. The molecule has 0 spiro atoms. The highest BCUT2D eigenvalue weighted by Crippen LogP contribution is 2.37. The molecule has 0 bridgehead atoms. The van der Waals surface area contributed by atoms with E-state index in [0.717, 1.165) is 5.75 Å². The minimum atomic E-state index is 0.305. The van der Waals surface area contributed by atoms with Crippen LogP contribution in [0.15, 0.2) is 46.0 Å². The molecule has 0 aliphatic carbocycles. The van der Waals surface area contributed by atoms with Crippen molar-refractivity contribution in [2.24, 2.45) is 5.73 Å². The van der Waals surface area contributed by atoms with Gasteiger partial charge in [-0.05, 0) is 29.1 Å². The summed E-state index contributed by atoms with van der Waals surface area (Å²) in [6, 6.07) is 12.3. The highest BCUT2D eigenvalue weighted by atomic mass is 32.2. The Morgan fingerprint density at radius 2 is 2.06 bits per heavy atom. The van der Waals surface area contributed by atoms with Crippen molar-refractivity contribution in [1.82, 2.24) is 0 Å². The van der Waals surface area contributed by atoms with Crippen LogP contribution in [-0.4, -0.2) is 13.7 Å². The fourth-order valence-corrected chi connectivity index (χ4v) is 3.55. The molecule has 1 aromatic heterocycles. The van der Waals surface area contributed by atoms with E-state index in [1.165, 1.54) is 9.77 Å².